The van der Waals surface area contributed by atoms with Crippen LogP contribution in [0.4, 0.5) is 5.82 Å². The van der Waals surface area contributed by atoms with E-state index >= 15 is 0 Å². The highest BCUT2D eigenvalue weighted by molar-refractivity contribution is 5.54. The second-order valence-corrected chi connectivity index (χ2v) is 5.09. The molecule has 6 nitrogen and oxygen atoms in total. The fraction of sp³-hybridized carbons (Fsp3) is 0.571. The molecule has 3 rings (SSSR count). The van der Waals surface area contributed by atoms with E-state index in [9.17, 15) is 5.26 Å². The number of nitrogens with zero attached hydrogens (tertiary/aromatic N) is 2. The number of aromatic nitrogens is 1. The van der Waals surface area contributed by atoms with Crippen molar-refractivity contribution in [2.45, 2.75) is 25.7 Å². The van der Waals surface area contributed by atoms with Crippen molar-refractivity contribution in [3.8, 4) is 6.07 Å². The van der Waals surface area contributed by atoms with Gasteiger partial charge in [0.1, 0.15) is 11.9 Å². The minimum atomic E-state index is -0.645. The summed E-state index contributed by atoms with van der Waals surface area (Å²) >= 11 is 0. The molecule has 20 heavy (non-hydrogen) atoms. The first-order chi connectivity index (χ1) is 9.70. The molecule has 0 spiro atoms. The van der Waals surface area contributed by atoms with E-state index in [0.29, 0.717) is 44.4 Å². The van der Waals surface area contributed by atoms with Gasteiger partial charge in [-0.05, 0) is 13.0 Å². The van der Waals surface area contributed by atoms with Gasteiger partial charge < -0.3 is 19.5 Å². The van der Waals surface area contributed by atoms with Gasteiger partial charge in [0.05, 0.1) is 44.2 Å². The lowest BCUT2D eigenvalue weighted by molar-refractivity contribution is -0.129. The smallest absolute Gasteiger partial charge is 0.182 e. The third kappa shape index (κ3) is 2.61. The van der Waals surface area contributed by atoms with E-state index in [0.717, 1.165) is 17.7 Å². The molecule has 0 aliphatic carbocycles. The first-order valence-corrected chi connectivity index (χ1v) is 6.73. The number of hydrogen-bond acceptors (Lipinski definition) is 6. The van der Waals surface area contributed by atoms with E-state index in [-0.39, 0.29) is 0 Å². The molecule has 2 aliphatic heterocycles. The van der Waals surface area contributed by atoms with E-state index in [2.05, 4.69) is 16.4 Å². The van der Waals surface area contributed by atoms with Gasteiger partial charge in [-0.15, -0.1) is 0 Å². The van der Waals surface area contributed by atoms with Crippen molar-refractivity contribution in [1.29, 1.82) is 5.26 Å². The maximum Gasteiger partial charge on any atom is 0.182 e. The zero-order valence-corrected chi connectivity index (χ0v) is 11.4. The maximum absolute atomic E-state index is 9.24. The molecule has 0 bridgehead atoms. The Morgan fingerprint density at radius 2 is 2.20 bits per heavy atom. The molecule has 1 fully saturated rings. The Bertz CT molecular complexity index is 547. The first-order valence-electron chi connectivity index (χ1n) is 6.73. The molecule has 1 aromatic rings. The summed E-state index contributed by atoms with van der Waals surface area (Å²) in [6, 6.07) is 4.02. The van der Waals surface area contributed by atoms with Crippen molar-refractivity contribution in [2.75, 3.05) is 31.7 Å². The third-order valence-electron chi connectivity index (χ3n) is 3.53. The van der Waals surface area contributed by atoms with E-state index in [4.69, 9.17) is 14.2 Å². The molecular weight excluding hydrogens is 258 g/mol. The molecule has 0 aromatic carbocycles. The number of nitrogens with one attached hydrogen (secondary N) is 1. The summed E-state index contributed by atoms with van der Waals surface area (Å²) in [5, 5.41) is 12.4. The van der Waals surface area contributed by atoms with Crippen LogP contribution in [0.15, 0.2) is 6.07 Å². The average molecular weight is 275 g/mol. The Labute approximate surface area is 117 Å². The van der Waals surface area contributed by atoms with Gasteiger partial charge in [0, 0.05) is 12.0 Å². The number of rotatable bonds is 3. The van der Waals surface area contributed by atoms with Gasteiger partial charge in [0.15, 0.2) is 5.79 Å². The van der Waals surface area contributed by atoms with Crippen LogP contribution in [-0.4, -0.2) is 37.1 Å². The predicted molar refractivity (Wildman–Crippen MR) is 71.1 cm³/mol. The zero-order valence-electron chi connectivity index (χ0n) is 11.4. The van der Waals surface area contributed by atoms with Crippen LogP contribution in [0, 0.1) is 11.3 Å². The Morgan fingerprint density at radius 1 is 1.40 bits per heavy atom. The van der Waals surface area contributed by atoms with E-state index in [1.54, 1.807) is 0 Å². The fourth-order valence-corrected chi connectivity index (χ4v) is 2.41. The van der Waals surface area contributed by atoms with Gasteiger partial charge in [-0.2, -0.15) is 5.26 Å². The van der Waals surface area contributed by atoms with E-state index in [1.807, 2.05) is 13.0 Å². The van der Waals surface area contributed by atoms with Gasteiger partial charge in [-0.3, -0.25) is 0 Å². The van der Waals surface area contributed by atoms with Crippen LogP contribution in [-0.2, 0) is 27.2 Å². The number of ether oxygens (including phenoxy) is 3. The molecule has 0 atom stereocenters. The normalized spacial score (nSPS) is 20.2. The molecule has 0 unspecified atom stereocenters. The summed E-state index contributed by atoms with van der Waals surface area (Å²) in [5.74, 6) is -0.0542. The highest BCUT2D eigenvalue weighted by Gasteiger charge is 2.31. The molecule has 0 radical (unpaired) electrons. The van der Waals surface area contributed by atoms with Crippen LogP contribution in [0.1, 0.15) is 23.7 Å². The minimum absolute atomic E-state index is 0.462. The Morgan fingerprint density at radius 3 is 2.95 bits per heavy atom. The van der Waals surface area contributed by atoms with Gasteiger partial charge in [0.2, 0.25) is 0 Å². The molecule has 1 aromatic heterocycles. The lowest BCUT2D eigenvalue weighted by atomic mass is 10.1. The molecule has 2 aliphatic rings. The van der Waals surface area contributed by atoms with Crippen LogP contribution in [0.25, 0.3) is 0 Å². The number of nitriles is 1. The molecule has 106 valence electrons. The zero-order chi connectivity index (χ0) is 14.0. The summed E-state index contributed by atoms with van der Waals surface area (Å²) < 4.78 is 16.4. The third-order valence-corrected chi connectivity index (χ3v) is 3.53. The highest BCUT2D eigenvalue weighted by Crippen LogP contribution is 2.24. The number of pyridine rings is 1. The average Bonchev–Trinajstić information content (AvgIpc) is 2.91. The van der Waals surface area contributed by atoms with Crippen molar-refractivity contribution >= 4 is 5.82 Å². The first kappa shape index (κ1) is 13.3. The fourth-order valence-electron chi connectivity index (χ4n) is 2.41. The summed E-state index contributed by atoms with van der Waals surface area (Å²) in [7, 11) is 0. The van der Waals surface area contributed by atoms with Crippen LogP contribution in [0.2, 0.25) is 0 Å². The summed E-state index contributed by atoms with van der Waals surface area (Å²) in [6.07, 6.45) is 0.778. The van der Waals surface area contributed by atoms with Gasteiger partial charge >= 0.3 is 0 Å². The monoisotopic (exact) mass is 275 g/mol. The van der Waals surface area contributed by atoms with Crippen LogP contribution >= 0.6 is 0 Å². The standard InChI is InChI=1S/C14H17N3O3/c1-14(19-4-5-20-14)9-16-13-10(7-15)6-11-8-18-3-2-12(11)17-13/h6H,2-5,8-9H2,1H3,(H,16,17). The summed E-state index contributed by atoms with van der Waals surface area (Å²) in [4.78, 5) is 4.55. The van der Waals surface area contributed by atoms with Crippen molar-refractivity contribution in [3.05, 3.63) is 22.9 Å². The van der Waals surface area contributed by atoms with Gasteiger partial charge in [-0.25, -0.2) is 4.98 Å². The lowest BCUT2D eigenvalue weighted by Crippen LogP contribution is -2.35. The van der Waals surface area contributed by atoms with E-state index < -0.39 is 5.79 Å². The lowest BCUT2D eigenvalue weighted by Gasteiger charge is -2.24. The van der Waals surface area contributed by atoms with Crippen molar-refractivity contribution in [2.24, 2.45) is 0 Å². The molecule has 1 saturated heterocycles. The second kappa shape index (κ2) is 5.37. The van der Waals surface area contributed by atoms with Gasteiger partial charge in [-0.1, -0.05) is 0 Å². The Balaban J connectivity index is 1.79. The van der Waals surface area contributed by atoms with Crippen LogP contribution < -0.4 is 5.32 Å². The number of anilines is 1. The SMILES string of the molecule is CC1(CNc2nc3c(cc2C#N)COCC3)OCCO1. The van der Waals surface area contributed by atoms with Crippen LogP contribution in [0.3, 0.4) is 0 Å². The molecule has 0 amide bonds. The van der Waals surface area contributed by atoms with E-state index in [1.165, 1.54) is 0 Å². The Hall–Kier alpha value is -1.68. The predicted octanol–water partition coefficient (Wildman–Crippen LogP) is 1.20. The molecule has 0 saturated carbocycles. The Kier molecular flexibility index (Phi) is 3.57. The van der Waals surface area contributed by atoms with Crippen LogP contribution in [0.5, 0.6) is 0 Å². The summed E-state index contributed by atoms with van der Waals surface area (Å²) in [6.45, 7) is 4.74. The van der Waals surface area contributed by atoms with Crippen molar-refractivity contribution in [1.82, 2.24) is 4.98 Å². The topological polar surface area (TPSA) is 76.4 Å². The largest absolute Gasteiger partial charge is 0.376 e. The molecule has 1 N–H and O–H groups in total. The van der Waals surface area contributed by atoms with Gasteiger partial charge in [0.25, 0.3) is 0 Å². The second-order valence-electron chi connectivity index (χ2n) is 5.09. The highest BCUT2D eigenvalue weighted by atomic mass is 16.7. The molecule has 6 heteroatoms. The quantitative estimate of drug-likeness (QED) is 0.893. The maximum atomic E-state index is 9.24. The molecular formula is C14H17N3O3. The number of fused-ring (bicyclic) bond motifs is 1. The minimum Gasteiger partial charge on any atom is -0.376 e. The van der Waals surface area contributed by atoms with Crippen molar-refractivity contribution in [3.63, 3.8) is 0 Å². The molecule has 3 heterocycles. The van der Waals surface area contributed by atoms with Crippen molar-refractivity contribution < 1.29 is 14.2 Å². The summed E-state index contributed by atoms with van der Waals surface area (Å²) in [5.41, 5.74) is 2.52. The number of hydrogen-bond donors (Lipinski definition) is 1.